The molecule has 21 heavy (non-hydrogen) atoms. The topological polar surface area (TPSA) is 46.3 Å². The minimum atomic E-state index is 0.337. The fourth-order valence-corrected chi connectivity index (χ4v) is 2.79. The number of ether oxygens (including phenoxy) is 2. The molecule has 1 aromatic heterocycles. The van der Waals surface area contributed by atoms with E-state index in [2.05, 4.69) is 40.8 Å². The molecular weight excluding hydrogens is 264 g/mol. The molecule has 1 saturated heterocycles. The molecule has 4 heteroatoms. The summed E-state index contributed by atoms with van der Waals surface area (Å²) in [7, 11) is 0. The minimum absolute atomic E-state index is 0.337. The van der Waals surface area contributed by atoms with Crippen LogP contribution in [0.5, 0.6) is 0 Å². The van der Waals surface area contributed by atoms with Gasteiger partial charge in [0, 0.05) is 36.9 Å². The first-order valence-corrected chi connectivity index (χ1v) is 7.88. The third kappa shape index (κ3) is 4.06. The zero-order chi connectivity index (χ0) is 14.3. The summed E-state index contributed by atoms with van der Waals surface area (Å²) >= 11 is 0. The zero-order valence-electron chi connectivity index (χ0n) is 12.4. The molecule has 0 saturated carbocycles. The first-order chi connectivity index (χ1) is 10.4. The Morgan fingerprint density at radius 3 is 3.19 bits per heavy atom. The lowest BCUT2D eigenvalue weighted by molar-refractivity contribution is 0.0166. The van der Waals surface area contributed by atoms with Crippen LogP contribution in [0.4, 0.5) is 0 Å². The van der Waals surface area contributed by atoms with Crippen molar-refractivity contribution < 1.29 is 9.47 Å². The highest BCUT2D eigenvalue weighted by atomic mass is 16.5. The van der Waals surface area contributed by atoms with E-state index in [0.717, 1.165) is 45.8 Å². The third-order valence-corrected chi connectivity index (χ3v) is 3.96. The monoisotopic (exact) mass is 288 g/mol. The van der Waals surface area contributed by atoms with E-state index in [-0.39, 0.29) is 0 Å². The molecule has 2 N–H and O–H groups in total. The van der Waals surface area contributed by atoms with E-state index in [9.17, 15) is 0 Å². The van der Waals surface area contributed by atoms with Crippen LogP contribution in [0.25, 0.3) is 10.9 Å². The molecule has 1 aliphatic heterocycles. The van der Waals surface area contributed by atoms with Gasteiger partial charge in [-0.15, -0.1) is 0 Å². The Bertz CT molecular complexity index is 546. The lowest BCUT2D eigenvalue weighted by atomic mass is 10.2. The Morgan fingerprint density at radius 1 is 1.33 bits per heavy atom. The van der Waals surface area contributed by atoms with Gasteiger partial charge in [-0.25, -0.2) is 0 Å². The molecule has 1 fully saturated rings. The summed E-state index contributed by atoms with van der Waals surface area (Å²) in [6.45, 7) is 4.34. The van der Waals surface area contributed by atoms with Crippen LogP contribution in [-0.2, 0) is 16.0 Å². The minimum Gasteiger partial charge on any atom is -0.379 e. The fraction of sp³-hybridized carbons (Fsp3) is 0.529. The number of fused-ring (bicyclic) bond motifs is 1. The molecule has 1 aliphatic rings. The van der Waals surface area contributed by atoms with E-state index >= 15 is 0 Å². The van der Waals surface area contributed by atoms with Gasteiger partial charge >= 0.3 is 0 Å². The molecule has 3 rings (SSSR count). The van der Waals surface area contributed by atoms with E-state index in [0.29, 0.717) is 6.10 Å². The third-order valence-electron chi connectivity index (χ3n) is 3.96. The van der Waals surface area contributed by atoms with Crippen molar-refractivity contribution in [2.45, 2.75) is 31.9 Å². The number of aromatic amines is 1. The van der Waals surface area contributed by atoms with E-state index in [1.807, 2.05) is 0 Å². The van der Waals surface area contributed by atoms with Crippen LogP contribution in [0.3, 0.4) is 0 Å². The molecule has 2 heterocycles. The summed E-state index contributed by atoms with van der Waals surface area (Å²) in [4.78, 5) is 3.30. The Hall–Kier alpha value is -1.36. The molecule has 0 spiro atoms. The summed E-state index contributed by atoms with van der Waals surface area (Å²) in [6.07, 6.45) is 5.80. The maximum absolute atomic E-state index is 5.65. The smallest absolute Gasteiger partial charge is 0.0809 e. The second kappa shape index (κ2) is 7.59. The maximum Gasteiger partial charge on any atom is 0.0809 e. The van der Waals surface area contributed by atoms with Gasteiger partial charge in [0.15, 0.2) is 0 Å². The van der Waals surface area contributed by atoms with Crippen LogP contribution >= 0.6 is 0 Å². The highest BCUT2D eigenvalue weighted by Crippen LogP contribution is 2.17. The van der Waals surface area contributed by atoms with E-state index in [1.165, 1.54) is 22.9 Å². The van der Waals surface area contributed by atoms with Gasteiger partial charge in [0.1, 0.15) is 0 Å². The number of rotatable bonds is 8. The van der Waals surface area contributed by atoms with Gasteiger partial charge in [0.2, 0.25) is 0 Å². The standard InChI is InChI=1S/C17H24N2O2/c1-2-7-17-16(6-1)14(12-19-17)11-18-8-4-9-20-13-15-5-3-10-21-15/h1-2,6-7,12,15,18-19H,3-5,8-11,13H2. The van der Waals surface area contributed by atoms with E-state index in [1.54, 1.807) is 0 Å². The van der Waals surface area contributed by atoms with E-state index < -0.39 is 0 Å². The highest BCUT2D eigenvalue weighted by molar-refractivity contribution is 5.82. The molecule has 4 nitrogen and oxygen atoms in total. The molecule has 1 unspecified atom stereocenters. The van der Waals surface area contributed by atoms with Gasteiger partial charge in [-0.1, -0.05) is 18.2 Å². The van der Waals surface area contributed by atoms with Crippen molar-refractivity contribution in [3.63, 3.8) is 0 Å². The Balaban J connectivity index is 1.29. The number of H-pyrrole nitrogens is 1. The molecule has 0 bridgehead atoms. The fourth-order valence-electron chi connectivity index (χ4n) is 2.79. The number of para-hydroxylation sites is 1. The SMILES string of the molecule is c1ccc2c(CNCCCOCC3CCCO3)c[nH]c2c1. The predicted octanol–water partition coefficient (Wildman–Crippen LogP) is 2.84. The number of hydrogen-bond acceptors (Lipinski definition) is 3. The van der Waals surface area contributed by atoms with Crippen molar-refractivity contribution in [1.29, 1.82) is 0 Å². The second-order valence-electron chi connectivity index (χ2n) is 5.60. The van der Waals surface area contributed by atoms with Crippen LogP contribution in [-0.4, -0.2) is 37.5 Å². The summed E-state index contributed by atoms with van der Waals surface area (Å²) < 4.78 is 11.2. The van der Waals surface area contributed by atoms with Gasteiger partial charge < -0.3 is 19.8 Å². The van der Waals surface area contributed by atoms with Crippen molar-refractivity contribution in [2.75, 3.05) is 26.4 Å². The summed E-state index contributed by atoms with van der Waals surface area (Å²) in [5, 5.41) is 4.78. The number of aromatic nitrogens is 1. The van der Waals surface area contributed by atoms with Crippen molar-refractivity contribution in [2.24, 2.45) is 0 Å². The lowest BCUT2D eigenvalue weighted by Crippen LogP contribution is -2.18. The molecule has 1 atom stereocenters. The van der Waals surface area contributed by atoms with Gasteiger partial charge in [-0.05, 0) is 37.4 Å². The largest absolute Gasteiger partial charge is 0.379 e. The highest BCUT2D eigenvalue weighted by Gasteiger charge is 2.14. The van der Waals surface area contributed by atoms with E-state index in [4.69, 9.17) is 9.47 Å². The Morgan fingerprint density at radius 2 is 2.29 bits per heavy atom. The maximum atomic E-state index is 5.65. The quantitative estimate of drug-likeness (QED) is 0.734. The van der Waals surface area contributed by atoms with Crippen LogP contribution < -0.4 is 5.32 Å². The lowest BCUT2D eigenvalue weighted by Gasteiger charge is -2.10. The number of nitrogens with one attached hydrogen (secondary N) is 2. The first-order valence-electron chi connectivity index (χ1n) is 7.88. The first kappa shape index (κ1) is 14.6. The summed E-state index contributed by atoms with van der Waals surface area (Å²) in [5.41, 5.74) is 2.53. The number of hydrogen-bond donors (Lipinski definition) is 2. The van der Waals surface area contributed by atoms with Gasteiger partial charge in [0.05, 0.1) is 12.7 Å². The zero-order valence-corrected chi connectivity index (χ0v) is 12.4. The molecule has 1 aromatic carbocycles. The van der Waals surface area contributed by atoms with Crippen molar-refractivity contribution in [3.8, 4) is 0 Å². The Labute approximate surface area is 125 Å². The van der Waals surface area contributed by atoms with Gasteiger partial charge in [-0.2, -0.15) is 0 Å². The average molecular weight is 288 g/mol. The van der Waals surface area contributed by atoms with Crippen molar-refractivity contribution in [1.82, 2.24) is 10.3 Å². The molecule has 0 radical (unpaired) electrons. The van der Waals surface area contributed by atoms with Crippen molar-refractivity contribution >= 4 is 10.9 Å². The van der Waals surface area contributed by atoms with Crippen LogP contribution in [0.2, 0.25) is 0 Å². The second-order valence-corrected chi connectivity index (χ2v) is 5.60. The molecular formula is C17H24N2O2. The van der Waals surface area contributed by atoms with Gasteiger partial charge in [-0.3, -0.25) is 0 Å². The van der Waals surface area contributed by atoms with Gasteiger partial charge in [0.25, 0.3) is 0 Å². The molecule has 114 valence electrons. The van der Waals surface area contributed by atoms with Crippen LogP contribution in [0.15, 0.2) is 30.5 Å². The summed E-state index contributed by atoms with van der Waals surface area (Å²) in [6, 6.07) is 8.41. The van der Waals surface area contributed by atoms with Crippen LogP contribution in [0, 0.1) is 0 Å². The molecule has 2 aromatic rings. The Kier molecular flexibility index (Phi) is 5.27. The number of benzene rings is 1. The van der Waals surface area contributed by atoms with Crippen molar-refractivity contribution in [3.05, 3.63) is 36.0 Å². The normalized spacial score (nSPS) is 18.6. The molecule has 0 amide bonds. The average Bonchev–Trinajstić information content (AvgIpc) is 3.16. The van der Waals surface area contributed by atoms with Crippen LogP contribution in [0.1, 0.15) is 24.8 Å². The summed E-state index contributed by atoms with van der Waals surface area (Å²) in [5.74, 6) is 0. The predicted molar refractivity (Wildman–Crippen MR) is 84.4 cm³/mol. The molecule has 0 aliphatic carbocycles.